The van der Waals surface area contributed by atoms with Crippen molar-refractivity contribution in [1.29, 1.82) is 0 Å². The SMILES string of the molecule is CCn1nc(C)c(S(=O)(=O)N2N=C(C)C[C@]2(O)C(F)(F)Cl)c1C. The summed E-state index contributed by atoms with van der Waals surface area (Å²) >= 11 is 4.96. The van der Waals surface area contributed by atoms with Crippen molar-refractivity contribution in [1.82, 2.24) is 14.2 Å². The van der Waals surface area contributed by atoms with Gasteiger partial charge in [0.05, 0.1) is 11.4 Å². The van der Waals surface area contributed by atoms with E-state index in [-0.39, 0.29) is 26.4 Å². The lowest BCUT2D eigenvalue weighted by Gasteiger charge is -2.34. The zero-order valence-corrected chi connectivity index (χ0v) is 14.6. The summed E-state index contributed by atoms with van der Waals surface area (Å²) in [6, 6.07) is 0. The largest absolute Gasteiger partial charge is 0.371 e. The molecule has 0 radical (unpaired) electrons. The molecule has 0 amide bonds. The zero-order chi connectivity index (χ0) is 17.8. The van der Waals surface area contributed by atoms with Crippen molar-refractivity contribution < 1.29 is 22.3 Å². The van der Waals surface area contributed by atoms with Gasteiger partial charge in [-0.3, -0.25) is 4.68 Å². The Hall–Kier alpha value is -1.26. The fraction of sp³-hybridized carbons (Fsp3) is 0.667. The highest BCUT2D eigenvalue weighted by atomic mass is 35.5. The first-order valence-electron chi connectivity index (χ1n) is 6.79. The molecule has 0 aliphatic carbocycles. The number of alkyl halides is 3. The maximum Gasteiger partial charge on any atom is 0.371 e. The Morgan fingerprint density at radius 2 is 1.96 bits per heavy atom. The van der Waals surface area contributed by atoms with Crippen LogP contribution in [0.5, 0.6) is 0 Å². The summed E-state index contributed by atoms with van der Waals surface area (Å²) in [5.41, 5.74) is -2.74. The number of rotatable bonds is 4. The maximum absolute atomic E-state index is 13.7. The molecule has 0 saturated carbocycles. The van der Waals surface area contributed by atoms with Gasteiger partial charge in [0, 0.05) is 18.7 Å². The van der Waals surface area contributed by atoms with Crippen LogP contribution in [0.4, 0.5) is 8.78 Å². The van der Waals surface area contributed by atoms with Crippen LogP contribution >= 0.6 is 11.6 Å². The lowest BCUT2D eigenvalue weighted by atomic mass is 10.1. The van der Waals surface area contributed by atoms with Gasteiger partial charge in [-0.1, -0.05) is 0 Å². The molecule has 0 saturated heterocycles. The molecule has 0 aromatic carbocycles. The van der Waals surface area contributed by atoms with Crippen molar-refractivity contribution in [2.24, 2.45) is 5.10 Å². The molecule has 2 rings (SSSR count). The minimum absolute atomic E-state index is 0.000648. The number of sulfonamides is 1. The number of halogens is 3. The molecule has 1 aliphatic heterocycles. The third-order valence-electron chi connectivity index (χ3n) is 3.63. The second-order valence-corrected chi connectivity index (χ2v) is 7.57. The third-order valence-corrected chi connectivity index (χ3v) is 5.88. The topological polar surface area (TPSA) is 87.8 Å². The van der Waals surface area contributed by atoms with Crippen molar-refractivity contribution in [3.63, 3.8) is 0 Å². The number of hydrogen-bond donors (Lipinski definition) is 1. The number of nitrogens with zero attached hydrogens (tertiary/aromatic N) is 4. The van der Waals surface area contributed by atoms with Crippen LogP contribution in [-0.2, 0) is 16.6 Å². The molecule has 1 aromatic heterocycles. The molecule has 7 nitrogen and oxygen atoms in total. The van der Waals surface area contributed by atoms with E-state index >= 15 is 0 Å². The number of hydrogen-bond acceptors (Lipinski definition) is 5. The van der Waals surface area contributed by atoms with E-state index in [1.807, 2.05) is 0 Å². The van der Waals surface area contributed by atoms with E-state index in [0.29, 0.717) is 6.54 Å². The van der Waals surface area contributed by atoms with E-state index in [2.05, 4.69) is 10.2 Å². The average molecular weight is 371 g/mol. The van der Waals surface area contributed by atoms with Crippen LogP contribution < -0.4 is 0 Å². The van der Waals surface area contributed by atoms with Crippen LogP contribution in [0.1, 0.15) is 31.7 Å². The van der Waals surface area contributed by atoms with Gasteiger partial charge in [0.1, 0.15) is 4.90 Å². The van der Waals surface area contributed by atoms with Crippen LogP contribution in [0, 0.1) is 13.8 Å². The molecule has 1 N–H and O–H groups in total. The Morgan fingerprint density at radius 1 is 1.39 bits per heavy atom. The Labute approximate surface area is 137 Å². The molecule has 0 bridgehead atoms. The lowest BCUT2D eigenvalue weighted by molar-refractivity contribution is -0.175. The molecule has 11 heteroatoms. The van der Waals surface area contributed by atoms with Crippen LogP contribution in [0.25, 0.3) is 0 Å². The van der Waals surface area contributed by atoms with Crippen LogP contribution in [0.3, 0.4) is 0 Å². The normalized spacial score (nSPS) is 22.6. The summed E-state index contributed by atoms with van der Waals surface area (Å²) in [4.78, 5) is -0.267. The second kappa shape index (κ2) is 5.38. The third kappa shape index (κ3) is 2.62. The molecule has 1 aromatic rings. The van der Waals surface area contributed by atoms with E-state index in [4.69, 9.17) is 11.6 Å². The Balaban J connectivity index is 2.66. The van der Waals surface area contributed by atoms with Crippen LogP contribution in [0.15, 0.2) is 10.00 Å². The predicted octanol–water partition coefficient (Wildman–Crippen LogP) is 1.81. The molecule has 1 aliphatic rings. The van der Waals surface area contributed by atoms with Crippen LogP contribution in [0.2, 0.25) is 0 Å². The quantitative estimate of drug-likeness (QED) is 0.819. The first-order chi connectivity index (χ1) is 10.4. The van der Waals surface area contributed by atoms with Gasteiger partial charge in [-0.15, -0.1) is 4.41 Å². The van der Waals surface area contributed by atoms with Gasteiger partial charge >= 0.3 is 5.38 Å². The summed E-state index contributed by atoms with van der Waals surface area (Å²) in [6.07, 6.45) is -0.692. The van der Waals surface area contributed by atoms with E-state index < -0.39 is 27.6 Å². The van der Waals surface area contributed by atoms with Gasteiger partial charge in [0.15, 0.2) is 0 Å². The van der Waals surface area contributed by atoms with Gasteiger partial charge in [0.2, 0.25) is 0 Å². The first kappa shape index (κ1) is 18.1. The lowest BCUT2D eigenvalue weighted by Crippen LogP contribution is -2.56. The molecular weight excluding hydrogens is 354 g/mol. The smallest absolute Gasteiger partial charge is 0.363 e. The highest BCUT2D eigenvalue weighted by Crippen LogP contribution is 2.45. The Morgan fingerprint density at radius 3 is 2.39 bits per heavy atom. The van der Waals surface area contributed by atoms with Crippen molar-refractivity contribution in [3.8, 4) is 0 Å². The summed E-state index contributed by atoms with van der Waals surface area (Å²) in [7, 11) is -4.56. The molecule has 1 atom stereocenters. The van der Waals surface area contributed by atoms with Gasteiger partial charge in [-0.05, 0) is 39.3 Å². The molecule has 23 heavy (non-hydrogen) atoms. The van der Waals surface area contributed by atoms with Gasteiger partial charge < -0.3 is 5.11 Å². The summed E-state index contributed by atoms with van der Waals surface area (Å²) in [5.74, 6) is 0. The number of aromatic nitrogens is 2. The van der Waals surface area contributed by atoms with Crippen molar-refractivity contribution in [2.45, 2.75) is 56.7 Å². The molecule has 0 spiro atoms. The van der Waals surface area contributed by atoms with E-state index in [0.717, 1.165) is 0 Å². The number of aryl methyl sites for hydroxylation is 2. The number of aliphatic hydroxyl groups is 1. The summed E-state index contributed by atoms with van der Waals surface area (Å²) in [6.45, 7) is 6.44. The number of hydrazone groups is 1. The fourth-order valence-corrected chi connectivity index (χ4v) is 4.69. The standard InChI is InChI=1S/C12H17ClF2N4O3S/c1-5-18-9(4)10(8(3)17-18)23(21,22)19-11(20,12(13,14)15)6-7(2)16-19/h20H,5-6H2,1-4H3/t11-/m0/s1. The molecule has 0 unspecified atom stereocenters. The van der Waals surface area contributed by atoms with E-state index in [1.54, 1.807) is 6.92 Å². The van der Waals surface area contributed by atoms with Crippen molar-refractivity contribution in [2.75, 3.05) is 0 Å². The molecular formula is C12H17ClF2N4O3S. The summed E-state index contributed by atoms with van der Waals surface area (Å²) < 4.78 is 54.4. The van der Waals surface area contributed by atoms with Crippen molar-refractivity contribution >= 4 is 27.3 Å². The van der Waals surface area contributed by atoms with Gasteiger partial charge in [-0.2, -0.15) is 27.4 Å². The van der Waals surface area contributed by atoms with Crippen LogP contribution in [-0.4, -0.2) is 44.5 Å². The highest BCUT2D eigenvalue weighted by molar-refractivity contribution is 7.89. The summed E-state index contributed by atoms with van der Waals surface area (Å²) in [5, 5.41) is 13.6. The minimum atomic E-state index is -4.56. The first-order valence-corrected chi connectivity index (χ1v) is 8.60. The van der Waals surface area contributed by atoms with Gasteiger partial charge in [0.25, 0.3) is 15.7 Å². The average Bonchev–Trinajstić information content (AvgIpc) is 2.86. The highest BCUT2D eigenvalue weighted by Gasteiger charge is 2.63. The van der Waals surface area contributed by atoms with E-state index in [9.17, 15) is 22.3 Å². The van der Waals surface area contributed by atoms with Gasteiger partial charge in [-0.25, -0.2) is 0 Å². The predicted molar refractivity (Wildman–Crippen MR) is 79.9 cm³/mol. The van der Waals surface area contributed by atoms with E-state index in [1.165, 1.54) is 25.5 Å². The Kier molecular flexibility index (Phi) is 4.23. The Bertz CT molecular complexity index is 772. The second-order valence-electron chi connectivity index (χ2n) is 5.39. The zero-order valence-electron chi connectivity index (χ0n) is 13.0. The monoisotopic (exact) mass is 370 g/mol. The molecule has 130 valence electrons. The molecule has 2 heterocycles. The fourth-order valence-electron chi connectivity index (χ4n) is 2.61. The maximum atomic E-state index is 13.7. The van der Waals surface area contributed by atoms with Crippen molar-refractivity contribution in [3.05, 3.63) is 11.4 Å². The molecule has 0 fully saturated rings. The minimum Gasteiger partial charge on any atom is -0.363 e.